The number of sulfonamides is 1. The van der Waals surface area contributed by atoms with E-state index >= 15 is 0 Å². The lowest BCUT2D eigenvalue weighted by Crippen LogP contribution is -2.46. The van der Waals surface area contributed by atoms with Crippen LogP contribution in [0.3, 0.4) is 0 Å². The third-order valence-corrected chi connectivity index (χ3v) is 8.06. The van der Waals surface area contributed by atoms with Gasteiger partial charge in [0.2, 0.25) is 5.91 Å². The van der Waals surface area contributed by atoms with Crippen LogP contribution in [-0.2, 0) is 14.8 Å². The largest absolute Gasteiger partial charge is 0.352 e. The zero-order valence-corrected chi connectivity index (χ0v) is 17.8. The molecule has 1 N–H and O–H groups in total. The molecule has 0 aromatic heterocycles. The van der Waals surface area contributed by atoms with Crippen molar-refractivity contribution >= 4 is 21.6 Å². The highest BCUT2D eigenvalue weighted by Crippen LogP contribution is 2.44. The molecule has 1 amide bonds. The number of anilines is 1. The monoisotopic (exact) mass is 412 g/mol. The summed E-state index contributed by atoms with van der Waals surface area (Å²) in [5, 5.41) is 3.11. The number of nitrogens with one attached hydrogen (secondary N) is 1. The molecule has 154 valence electrons. The molecule has 6 heteroatoms. The van der Waals surface area contributed by atoms with Crippen LogP contribution in [0.15, 0.2) is 53.4 Å². The fourth-order valence-corrected chi connectivity index (χ4v) is 6.15. The van der Waals surface area contributed by atoms with E-state index in [1.165, 1.54) is 23.6 Å². The summed E-state index contributed by atoms with van der Waals surface area (Å²) in [7, 11) is -3.85. The Hall–Kier alpha value is -2.34. The van der Waals surface area contributed by atoms with Gasteiger partial charge in [-0.15, -0.1) is 0 Å². The maximum Gasteiger partial charge on any atom is 0.264 e. The molecular formula is C23H28N2O3S. The van der Waals surface area contributed by atoms with E-state index in [0.29, 0.717) is 11.6 Å². The van der Waals surface area contributed by atoms with Gasteiger partial charge in [0.25, 0.3) is 10.0 Å². The van der Waals surface area contributed by atoms with Gasteiger partial charge in [0.05, 0.1) is 10.6 Å². The third-order valence-electron chi connectivity index (χ3n) is 6.27. The number of fused-ring (bicyclic) bond motifs is 2. The quantitative estimate of drug-likeness (QED) is 0.785. The van der Waals surface area contributed by atoms with Crippen LogP contribution in [-0.4, -0.2) is 26.9 Å². The first-order valence-corrected chi connectivity index (χ1v) is 11.7. The SMILES string of the molecule is Cc1ccc(S(=O)(=O)N(CC(=O)N[C@@H]2C[C@H]3CC[C@@H]2C3)c2cccc(C)c2)cc1. The van der Waals surface area contributed by atoms with Gasteiger partial charge in [-0.25, -0.2) is 8.42 Å². The topological polar surface area (TPSA) is 66.5 Å². The van der Waals surface area contributed by atoms with Crippen LogP contribution >= 0.6 is 0 Å². The fraction of sp³-hybridized carbons (Fsp3) is 0.435. The first-order chi connectivity index (χ1) is 13.8. The van der Waals surface area contributed by atoms with Crippen molar-refractivity contribution in [3.8, 4) is 0 Å². The van der Waals surface area contributed by atoms with Crippen LogP contribution in [0.5, 0.6) is 0 Å². The molecule has 0 spiro atoms. The highest BCUT2D eigenvalue weighted by Gasteiger charge is 2.40. The number of amides is 1. The number of hydrogen-bond acceptors (Lipinski definition) is 3. The zero-order valence-electron chi connectivity index (χ0n) is 17.0. The Bertz CT molecular complexity index is 1000. The van der Waals surface area contributed by atoms with Crippen molar-refractivity contribution in [2.45, 2.75) is 50.5 Å². The third kappa shape index (κ3) is 4.17. The number of hydrogen-bond donors (Lipinski definition) is 1. The number of nitrogens with zero attached hydrogens (tertiary/aromatic N) is 1. The van der Waals surface area contributed by atoms with Crippen LogP contribution in [0.2, 0.25) is 0 Å². The second kappa shape index (κ2) is 7.82. The molecule has 2 aromatic rings. The molecular weight excluding hydrogens is 384 g/mol. The van der Waals surface area contributed by atoms with Gasteiger partial charge in [-0.2, -0.15) is 0 Å². The van der Waals surface area contributed by atoms with Crippen LogP contribution in [0.25, 0.3) is 0 Å². The number of carbonyl (C=O) groups excluding carboxylic acids is 1. The summed E-state index contributed by atoms with van der Waals surface area (Å²) in [6.07, 6.45) is 4.63. The van der Waals surface area contributed by atoms with Crippen molar-refractivity contribution in [2.24, 2.45) is 11.8 Å². The van der Waals surface area contributed by atoms with E-state index in [1.807, 2.05) is 26.0 Å². The summed E-state index contributed by atoms with van der Waals surface area (Å²) < 4.78 is 28.0. The molecule has 5 nitrogen and oxygen atoms in total. The summed E-state index contributed by atoms with van der Waals surface area (Å²) in [5.74, 6) is 1.03. The van der Waals surface area contributed by atoms with Crippen LogP contribution in [0.4, 0.5) is 5.69 Å². The first kappa shape index (κ1) is 20.0. The standard InChI is InChI=1S/C23H28N2O3S/c1-16-6-10-21(11-7-16)29(27,28)25(20-5-3-4-17(2)12-20)15-23(26)24-22-14-18-8-9-19(22)13-18/h3-7,10-12,18-19,22H,8-9,13-15H2,1-2H3,(H,24,26)/t18-,19+,22+/m0/s1. The molecule has 2 saturated carbocycles. The van der Waals surface area contributed by atoms with E-state index in [0.717, 1.165) is 23.5 Å². The molecule has 2 aromatic carbocycles. The Morgan fingerprint density at radius 3 is 2.41 bits per heavy atom. The average Bonchev–Trinajstić information content (AvgIpc) is 3.29. The molecule has 0 heterocycles. The molecule has 4 rings (SSSR count). The predicted molar refractivity (Wildman–Crippen MR) is 114 cm³/mol. The predicted octanol–water partition coefficient (Wildman–Crippen LogP) is 3.80. The molecule has 3 atom stereocenters. The summed E-state index contributed by atoms with van der Waals surface area (Å²) in [6, 6.07) is 14.2. The minimum Gasteiger partial charge on any atom is -0.352 e. The van der Waals surface area contributed by atoms with Gasteiger partial charge in [0.1, 0.15) is 6.54 Å². The van der Waals surface area contributed by atoms with Gasteiger partial charge in [0.15, 0.2) is 0 Å². The summed E-state index contributed by atoms with van der Waals surface area (Å²) in [4.78, 5) is 13.1. The first-order valence-electron chi connectivity index (χ1n) is 10.3. The van der Waals surface area contributed by atoms with E-state index in [4.69, 9.17) is 0 Å². The Labute approximate surface area is 173 Å². The Morgan fingerprint density at radius 2 is 1.79 bits per heavy atom. The van der Waals surface area contributed by atoms with E-state index in [2.05, 4.69) is 5.32 Å². The minimum atomic E-state index is -3.85. The van der Waals surface area contributed by atoms with Gasteiger partial charge >= 0.3 is 0 Å². The van der Waals surface area contributed by atoms with Gasteiger partial charge in [-0.3, -0.25) is 9.10 Å². The van der Waals surface area contributed by atoms with Crippen molar-refractivity contribution in [3.05, 3.63) is 59.7 Å². The molecule has 2 aliphatic rings. The highest BCUT2D eigenvalue weighted by atomic mass is 32.2. The second-order valence-electron chi connectivity index (χ2n) is 8.51. The fourth-order valence-electron chi connectivity index (χ4n) is 4.74. The average molecular weight is 413 g/mol. The van der Waals surface area contributed by atoms with Crippen LogP contribution in [0.1, 0.15) is 36.8 Å². The number of carbonyl (C=O) groups is 1. The summed E-state index contributed by atoms with van der Waals surface area (Å²) in [5.41, 5.74) is 2.44. The molecule has 0 aliphatic heterocycles. The molecule has 0 saturated heterocycles. The Kier molecular flexibility index (Phi) is 5.38. The Balaban J connectivity index is 1.60. The van der Waals surface area contributed by atoms with E-state index in [-0.39, 0.29) is 23.4 Å². The van der Waals surface area contributed by atoms with Gasteiger partial charge < -0.3 is 5.32 Å². The van der Waals surface area contributed by atoms with E-state index in [9.17, 15) is 13.2 Å². The lowest BCUT2D eigenvalue weighted by molar-refractivity contribution is -0.120. The van der Waals surface area contributed by atoms with Crippen molar-refractivity contribution in [1.29, 1.82) is 0 Å². The smallest absolute Gasteiger partial charge is 0.264 e. The molecule has 0 unspecified atom stereocenters. The van der Waals surface area contributed by atoms with Crippen LogP contribution in [0, 0.1) is 25.7 Å². The summed E-state index contributed by atoms with van der Waals surface area (Å²) >= 11 is 0. The second-order valence-corrected chi connectivity index (χ2v) is 10.4. The zero-order chi connectivity index (χ0) is 20.6. The number of aryl methyl sites for hydroxylation is 2. The highest BCUT2D eigenvalue weighted by molar-refractivity contribution is 7.92. The normalized spacial score (nSPS) is 23.2. The molecule has 2 bridgehead atoms. The number of rotatable bonds is 6. The molecule has 29 heavy (non-hydrogen) atoms. The maximum absolute atomic E-state index is 13.4. The van der Waals surface area contributed by atoms with Crippen molar-refractivity contribution < 1.29 is 13.2 Å². The van der Waals surface area contributed by atoms with Crippen molar-refractivity contribution in [2.75, 3.05) is 10.8 Å². The van der Waals surface area contributed by atoms with Crippen molar-refractivity contribution in [3.63, 3.8) is 0 Å². The summed E-state index contributed by atoms with van der Waals surface area (Å²) in [6.45, 7) is 3.61. The lowest BCUT2D eigenvalue weighted by atomic mass is 9.95. The maximum atomic E-state index is 13.4. The minimum absolute atomic E-state index is 0.183. The van der Waals surface area contributed by atoms with E-state index in [1.54, 1.807) is 36.4 Å². The molecule has 0 radical (unpaired) electrons. The van der Waals surface area contributed by atoms with Gasteiger partial charge in [-0.1, -0.05) is 36.2 Å². The Morgan fingerprint density at radius 1 is 1.03 bits per heavy atom. The van der Waals surface area contributed by atoms with Gasteiger partial charge in [0, 0.05) is 6.04 Å². The van der Waals surface area contributed by atoms with Gasteiger partial charge in [-0.05, 0) is 74.8 Å². The van der Waals surface area contributed by atoms with E-state index < -0.39 is 10.0 Å². The molecule has 2 aliphatic carbocycles. The molecule has 2 fully saturated rings. The number of benzene rings is 2. The van der Waals surface area contributed by atoms with Crippen LogP contribution < -0.4 is 9.62 Å². The van der Waals surface area contributed by atoms with Crippen molar-refractivity contribution in [1.82, 2.24) is 5.32 Å². The lowest BCUT2D eigenvalue weighted by Gasteiger charge is -2.27.